The number of nitrogens with zero attached hydrogens (tertiary/aromatic N) is 2. The average molecular weight is 300 g/mol. The minimum absolute atomic E-state index is 0.350. The van der Waals surface area contributed by atoms with E-state index in [1.54, 1.807) is 18.2 Å². The van der Waals surface area contributed by atoms with Crippen molar-refractivity contribution in [2.45, 2.75) is 38.5 Å². The van der Waals surface area contributed by atoms with Crippen LogP contribution in [0, 0.1) is 19.8 Å². The first kappa shape index (κ1) is 15.5. The van der Waals surface area contributed by atoms with Gasteiger partial charge in [-0.05, 0) is 45.7 Å². The van der Waals surface area contributed by atoms with Crippen molar-refractivity contribution in [3.05, 3.63) is 11.4 Å². The van der Waals surface area contributed by atoms with Gasteiger partial charge in [0.2, 0.25) is 10.0 Å². The lowest BCUT2D eigenvalue weighted by atomic mass is 9.98. The van der Waals surface area contributed by atoms with E-state index in [1.165, 1.54) is 0 Å². The van der Waals surface area contributed by atoms with Gasteiger partial charge in [0.15, 0.2) is 0 Å². The standard InChI is InChI=1S/C13H24N4O2S/c1-4-14-9-12-5-7-17(8-6-12)20(18,19)13-10(2)15-16-11(13)3/h12,14H,4-9H2,1-3H3,(H,15,16). The SMILES string of the molecule is CCNCC1CCN(S(=O)(=O)c2c(C)n[nH]c2C)CC1. The maximum absolute atomic E-state index is 12.7. The van der Waals surface area contributed by atoms with E-state index in [1.807, 2.05) is 0 Å². The predicted molar refractivity (Wildman–Crippen MR) is 78.1 cm³/mol. The number of nitrogens with one attached hydrogen (secondary N) is 2. The highest BCUT2D eigenvalue weighted by atomic mass is 32.2. The van der Waals surface area contributed by atoms with Crippen molar-refractivity contribution in [1.29, 1.82) is 0 Å². The third kappa shape index (κ3) is 3.05. The number of aryl methyl sites for hydroxylation is 2. The van der Waals surface area contributed by atoms with Crippen LogP contribution in [0.25, 0.3) is 0 Å². The number of aromatic nitrogens is 2. The van der Waals surface area contributed by atoms with E-state index in [0.717, 1.165) is 25.9 Å². The second-order valence-electron chi connectivity index (χ2n) is 5.42. The fraction of sp³-hybridized carbons (Fsp3) is 0.769. The van der Waals surface area contributed by atoms with Crippen LogP contribution in [0.3, 0.4) is 0 Å². The fourth-order valence-corrected chi connectivity index (χ4v) is 4.55. The first-order chi connectivity index (χ1) is 9.46. The molecule has 0 unspecified atom stereocenters. The second-order valence-corrected chi connectivity index (χ2v) is 7.29. The Morgan fingerprint density at radius 2 is 2.00 bits per heavy atom. The van der Waals surface area contributed by atoms with Crippen molar-refractivity contribution in [2.24, 2.45) is 5.92 Å². The van der Waals surface area contributed by atoms with Gasteiger partial charge in [-0.1, -0.05) is 6.92 Å². The first-order valence-corrected chi connectivity index (χ1v) is 8.63. The molecule has 1 aliphatic heterocycles. The van der Waals surface area contributed by atoms with E-state index in [4.69, 9.17) is 0 Å². The Hall–Kier alpha value is -0.920. The lowest BCUT2D eigenvalue weighted by molar-refractivity contribution is 0.268. The summed E-state index contributed by atoms with van der Waals surface area (Å²) in [5.74, 6) is 0.577. The highest BCUT2D eigenvalue weighted by Crippen LogP contribution is 2.26. The summed E-state index contributed by atoms with van der Waals surface area (Å²) in [6.45, 7) is 8.72. The first-order valence-electron chi connectivity index (χ1n) is 7.19. The van der Waals surface area contributed by atoms with Crippen LogP contribution in [0.4, 0.5) is 0 Å². The van der Waals surface area contributed by atoms with Gasteiger partial charge < -0.3 is 5.32 Å². The van der Waals surface area contributed by atoms with Gasteiger partial charge in [0.05, 0.1) is 11.4 Å². The minimum Gasteiger partial charge on any atom is -0.317 e. The maximum atomic E-state index is 12.7. The van der Waals surface area contributed by atoms with Gasteiger partial charge in [-0.15, -0.1) is 0 Å². The van der Waals surface area contributed by atoms with E-state index in [0.29, 0.717) is 35.3 Å². The molecule has 1 aromatic heterocycles. The molecular formula is C13H24N4O2S. The quantitative estimate of drug-likeness (QED) is 0.851. The van der Waals surface area contributed by atoms with Gasteiger partial charge >= 0.3 is 0 Å². The van der Waals surface area contributed by atoms with Crippen LogP contribution in [0.5, 0.6) is 0 Å². The van der Waals surface area contributed by atoms with Crippen LogP contribution < -0.4 is 5.32 Å². The molecule has 0 bridgehead atoms. The maximum Gasteiger partial charge on any atom is 0.246 e. The molecule has 1 aromatic rings. The molecule has 0 atom stereocenters. The Labute approximate surface area is 121 Å². The highest BCUT2D eigenvalue weighted by Gasteiger charge is 2.32. The largest absolute Gasteiger partial charge is 0.317 e. The molecule has 0 radical (unpaired) electrons. The summed E-state index contributed by atoms with van der Waals surface area (Å²) in [5.41, 5.74) is 1.18. The van der Waals surface area contributed by atoms with E-state index >= 15 is 0 Å². The van der Waals surface area contributed by atoms with Crippen molar-refractivity contribution in [3.63, 3.8) is 0 Å². The Balaban J connectivity index is 2.06. The van der Waals surface area contributed by atoms with E-state index in [2.05, 4.69) is 22.4 Å². The predicted octanol–water partition coefficient (Wildman–Crippen LogP) is 1.04. The molecule has 0 aromatic carbocycles. The number of aromatic amines is 1. The van der Waals surface area contributed by atoms with Gasteiger partial charge in [0.1, 0.15) is 4.90 Å². The van der Waals surface area contributed by atoms with E-state index < -0.39 is 10.0 Å². The van der Waals surface area contributed by atoms with Gasteiger partial charge in [0.25, 0.3) is 0 Å². The van der Waals surface area contributed by atoms with Gasteiger partial charge in [-0.2, -0.15) is 9.40 Å². The smallest absolute Gasteiger partial charge is 0.246 e. The van der Waals surface area contributed by atoms with Crippen LogP contribution in [-0.2, 0) is 10.0 Å². The number of rotatable bonds is 5. The molecule has 0 saturated carbocycles. The molecule has 2 rings (SSSR count). The zero-order valence-electron chi connectivity index (χ0n) is 12.4. The zero-order valence-corrected chi connectivity index (χ0v) is 13.3. The molecule has 114 valence electrons. The van der Waals surface area contributed by atoms with Crippen LogP contribution in [0.1, 0.15) is 31.2 Å². The Morgan fingerprint density at radius 3 is 2.50 bits per heavy atom. The number of piperidine rings is 1. The summed E-state index contributed by atoms with van der Waals surface area (Å²) >= 11 is 0. The van der Waals surface area contributed by atoms with Crippen molar-refractivity contribution < 1.29 is 8.42 Å². The normalized spacial score (nSPS) is 18.6. The third-order valence-electron chi connectivity index (χ3n) is 3.91. The number of H-pyrrole nitrogens is 1. The Bertz CT molecular complexity index is 525. The molecule has 0 amide bonds. The van der Waals surface area contributed by atoms with Gasteiger partial charge in [-0.3, -0.25) is 5.10 Å². The van der Waals surface area contributed by atoms with Gasteiger partial charge in [-0.25, -0.2) is 8.42 Å². The van der Waals surface area contributed by atoms with Crippen LogP contribution in [0.15, 0.2) is 4.90 Å². The summed E-state index contributed by atoms with van der Waals surface area (Å²) in [7, 11) is -3.40. The molecule has 0 spiro atoms. The summed E-state index contributed by atoms with van der Waals surface area (Å²) in [6.07, 6.45) is 1.84. The molecule has 2 N–H and O–H groups in total. The van der Waals surface area contributed by atoms with Crippen LogP contribution in [-0.4, -0.2) is 49.1 Å². The molecule has 0 aliphatic carbocycles. The van der Waals surface area contributed by atoms with E-state index in [9.17, 15) is 8.42 Å². The molecular weight excluding hydrogens is 276 g/mol. The Kier molecular flexibility index (Phi) is 4.82. The highest BCUT2D eigenvalue weighted by molar-refractivity contribution is 7.89. The van der Waals surface area contributed by atoms with Crippen molar-refractivity contribution in [2.75, 3.05) is 26.2 Å². The monoisotopic (exact) mass is 300 g/mol. The summed E-state index contributed by atoms with van der Waals surface area (Å²) in [4.78, 5) is 0.350. The van der Waals surface area contributed by atoms with Gasteiger partial charge in [0, 0.05) is 13.1 Å². The Morgan fingerprint density at radius 1 is 1.35 bits per heavy atom. The van der Waals surface area contributed by atoms with E-state index in [-0.39, 0.29) is 0 Å². The molecule has 1 aliphatic rings. The second kappa shape index (κ2) is 6.24. The number of sulfonamides is 1. The molecule has 6 nitrogen and oxygen atoms in total. The summed E-state index contributed by atoms with van der Waals surface area (Å²) < 4.78 is 26.9. The molecule has 2 heterocycles. The van der Waals surface area contributed by atoms with Crippen molar-refractivity contribution >= 4 is 10.0 Å². The fourth-order valence-electron chi connectivity index (χ4n) is 2.75. The zero-order chi connectivity index (χ0) is 14.8. The van der Waals surface area contributed by atoms with Crippen molar-refractivity contribution in [3.8, 4) is 0 Å². The molecule has 1 saturated heterocycles. The average Bonchev–Trinajstić information content (AvgIpc) is 2.77. The summed E-state index contributed by atoms with van der Waals surface area (Å²) in [6, 6.07) is 0. The number of hydrogen-bond acceptors (Lipinski definition) is 4. The molecule has 7 heteroatoms. The third-order valence-corrected chi connectivity index (χ3v) is 6.08. The summed E-state index contributed by atoms with van der Waals surface area (Å²) in [5, 5.41) is 10.1. The topological polar surface area (TPSA) is 78.1 Å². The minimum atomic E-state index is -3.40. The van der Waals surface area contributed by atoms with Crippen LogP contribution >= 0.6 is 0 Å². The molecule has 1 fully saturated rings. The number of hydrogen-bond donors (Lipinski definition) is 2. The van der Waals surface area contributed by atoms with Crippen molar-refractivity contribution in [1.82, 2.24) is 19.8 Å². The lowest BCUT2D eigenvalue weighted by Crippen LogP contribution is -2.41. The molecule has 20 heavy (non-hydrogen) atoms. The lowest BCUT2D eigenvalue weighted by Gasteiger charge is -2.31. The van der Waals surface area contributed by atoms with Crippen LogP contribution in [0.2, 0.25) is 0 Å².